The largest absolute Gasteiger partial charge is 0.293 e. The first kappa shape index (κ1) is 21.0. The first-order valence-corrected chi connectivity index (χ1v) is 12.4. The number of rotatable bonds is 5. The van der Waals surface area contributed by atoms with Gasteiger partial charge in [0.1, 0.15) is 16.7 Å². The zero-order chi connectivity index (χ0) is 23.2. The van der Waals surface area contributed by atoms with E-state index in [2.05, 4.69) is 31.2 Å². The highest BCUT2D eigenvalue weighted by Gasteiger charge is 2.26. The highest BCUT2D eigenvalue weighted by Crippen LogP contribution is 2.32. The Labute approximate surface area is 198 Å². The van der Waals surface area contributed by atoms with Crippen molar-refractivity contribution >= 4 is 33.2 Å². The minimum atomic E-state index is 0.00213. The molecule has 0 bridgehead atoms. The van der Waals surface area contributed by atoms with Crippen LogP contribution in [-0.4, -0.2) is 24.1 Å². The fourth-order valence-corrected chi connectivity index (χ4v) is 5.44. The van der Waals surface area contributed by atoms with Crippen LogP contribution in [-0.2, 0) is 6.42 Å². The molecule has 0 atom stereocenters. The highest BCUT2D eigenvalue weighted by molar-refractivity contribution is 6.05. The predicted molar refractivity (Wildman–Crippen MR) is 137 cm³/mol. The van der Waals surface area contributed by atoms with Gasteiger partial charge in [-0.2, -0.15) is 0 Å². The summed E-state index contributed by atoms with van der Waals surface area (Å²) in [5, 5.41) is 0.570. The molecule has 172 valence electrons. The highest BCUT2D eigenvalue weighted by atomic mass is 16.1. The van der Waals surface area contributed by atoms with Crippen molar-refractivity contribution in [3.63, 3.8) is 0 Å². The van der Waals surface area contributed by atoms with E-state index >= 15 is 0 Å². The second-order valence-corrected chi connectivity index (χ2v) is 9.46. The number of hydrogen-bond donors (Lipinski definition) is 0. The topological polar surface area (TPSA) is 65.6 Å². The minimum absolute atomic E-state index is 0.00213. The number of aryl methyl sites for hydroxylation is 2. The molecule has 0 N–H and O–H groups in total. The molecule has 0 amide bonds. The van der Waals surface area contributed by atoms with E-state index in [1.54, 1.807) is 0 Å². The summed E-state index contributed by atoms with van der Waals surface area (Å²) in [7, 11) is 0. The maximum atomic E-state index is 13.9. The molecule has 1 aliphatic carbocycles. The fourth-order valence-electron chi connectivity index (χ4n) is 5.44. The first-order chi connectivity index (χ1) is 16.7. The maximum absolute atomic E-state index is 13.9. The molecule has 0 aliphatic heterocycles. The third kappa shape index (κ3) is 3.31. The lowest BCUT2D eigenvalue weighted by molar-refractivity contribution is 0.485. The van der Waals surface area contributed by atoms with Gasteiger partial charge < -0.3 is 0 Å². The van der Waals surface area contributed by atoms with Crippen molar-refractivity contribution in [1.82, 2.24) is 24.1 Å². The minimum Gasteiger partial charge on any atom is -0.293 e. The number of nitrogens with zero attached hydrogens (tertiary/aromatic N) is 5. The van der Waals surface area contributed by atoms with E-state index in [-0.39, 0.29) is 11.6 Å². The van der Waals surface area contributed by atoms with Crippen LogP contribution in [0.1, 0.15) is 62.9 Å². The first-order valence-electron chi connectivity index (χ1n) is 12.4. The second kappa shape index (κ2) is 8.35. The van der Waals surface area contributed by atoms with Gasteiger partial charge in [0.05, 0.1) is 11.0 Å². The van der Waals surface area contributed by atoms with E-state index < -0.39 is 0 Å². The van der Waals surface area contributed by atoms with Gasteiger partial charge in [0.25, 0.3) is 5.56 Å². The molecule has 6 rings (SSSR count). The van der Waals surface area contributed by atoms with Gasteiger partial charge in [-0.3, -0.25) is 13.9 Å². The number of unbranched alkanes of at least 4 members (excludes halogenated alkanes) is 1. The molecular formula is C28H29N5O. The molecule has 6 nitrogen and oxygen atoms in total. The predicted octanol–water partition coefficient (Wildman–Crippen LogP) is 6.05. The quantitative estimate of drug-likeness (QED) is 0.326. The third-order valence-electron chi connectivity index (χ3n) is 7.19. The van der Waals surface area contributed by atoms with Gasteiger partial charge in [0.2, 0.25) is 0 Å². The maximum Gasteiger partial charge on any atom is 0.265 e. The van der Waals surface area contributed by atoms with Gasteiger partial charge in [-0.15, -0.1) is 0 Å². The van der Waals surface area contributed by atoms with Crippen LogP contribution in [0.5, 0.6) is 0 Å². The molecule has 1 aliphatic rings. The van der Waals surface area contributed by atoms with Crippen molar-refractivity contribution in [2.45, 2.75) is 64.8 Å². The smallest absolute Gasteiger partial charge is 0.265 e. The fraction of sp³-hybridized carbons (Fsp3) is 0.357. The van der Waals surface area contributed by atoms with Gasteiger partial charge in [-0.05, 0) is 62.4 Å². The van der Waals surface area contributed by atoms with Crippen molar-refractivity contribution in [3.05, 3.63) is 70.3 Å². The van der Waals surface area contributed by atoms with Crippen LogP contribution in [0.15, 0.2) is 53.3 Å². The molecule has 0 radical (unpaired) electrons. The average Bonchev–Trinajstić information content (AvgIpc) is 3.48. The van der Waals surface area contributed by atoms with Crippen molar-refractivity contribution in [2.75, 3.05) is 0 Å². The lowest BCUT2D eigenvalue weighted by atomic mass is 10.1. The summed E-state index contributed by atoms with van der Waals surface area (Å²) in [6.07, 6.45) is 7.79. The Morgan fingerprint density at radius 1 is 0.912 bits per heavy atom. The lowest BCUT2D eigenvalue weighted by Gasteiger charge is -2.16. The third-order valence-corrected chi connectivity index (χ3v) is 7.19. The van der Waals surface area contributed by atoms with Crippen LogP contribution >= 0.6 is 0 Å². The van der Waals surface area contributed by atoms with Crippen molar-refractivity contribution in [1.29, 1.82) is 0 Å². The Morgan fingerprint density at radius 3 is 2.32 bits per heavy atom. The number of fused-ring (bicyclic) bond motifs is 4. The van der Waals surface area contributed by atoms with Crippen LogP contribution in [0.2, 0.25) is 0 Å². The molecule has 1 saturated carbocycles. The monoisotopic (exact) mass is 451 g/mol. The second-order valence-electron chi connectivity index (χ2n) is 9.46. The number of para-hydroxylation sites is 2. The Morgan fingerprint density at radius 2 is 1.62 bits per heavy atom. The van der Waals surface area contributed by atoms with Crippen molar-refractivity contribution in [2.24, 2.45) is 0 Å². The Bertz CT molecular complexity index is 1570. The van der Waals surface area contributed by atoms with E-state index in [1.807, 2.05) is 40.3 Å². The van der Waals surface area contributed by atoms with E-state index in [4.69, 9.17) is 15.0 Å². The summed E-state index contributed by atoms with van der Waals surface area (Å²) in [6, 6.07) is 16.6. The van der Waals surface area contributed by atoms with Crippen LogP contribution in [0.4, 0.5) is 0 Å². The Hall–Kier alpha value is -3.54. The summed E-state index contributed by atoms with van der Waals surface area (Å²) >= 11 is 0. The van der Waals surface area contributed by atoms with Crippen LogP contribution in [0.25, 0.3) is 38.9 Å². The summed E-state index contributed by atoms with van der Waals surface area (Å²) in [5.41, 5.74) is 5.83. The van der Waals surface area contributed by atoms with Gasteiger partial charge in [-0.25, -0.2) is 15.0 Å². The van der Waals surface area contributed by atoms with Gasteiger partial charge >= 0.3 is 0 Å². The molecule has 6 heteroatoms. The summed E-state index contributed by atoms with van der Waals surface area (Å²) in [6.45, 7) is 4.16. The average molecular weight is 452 g/mol. The molecule has 3 heterocycles. The van der Waals surface area contributed by atoms with Crippen molar-refractivity contribution < 1.29 is 0 Å². The van der Waals surface area contributed by atoms with Gasteiger partial charge in [-0.1, -0.05) is 50.5 Å². The van der Waals surface area contributed by atoms with Crippen molar-refractivity contribution in [3.8, 4) is 5.69 Å². The normalized spacial score (nSPS) is 14.6. The van der Waals surface area contributed by atoms with E-state index in [0.29, 0.717) is 22.2 Å². The molecule has 0 unspecified atom stereocenters. The van der Waals surface area contributed by atoms with E-state index in [9.17, 15) is 4.79 Å². The molecular weight excluding hydrogens is 422 g/mol. The number of hydrogen-bond acceptors (Lipinski definition) is 4. The van der Waals surface area contributed by atoms with E-state index in [0.717, 1.165) is 54.6 Å². The molecule has 2 aromatic carbocycles. The van der Waals surface area contributed by atoms with Crippen LogP contribution in [0.3, 0.4) is 0 Å². The molecule has 0 spiro atoms. The Kier molecular flexibility index (Phi) is 5.16. The zero-order valence-corrected chi connectivity index (χ0v) is 19.8. The summed E-state index contributed by atoms with van der Waals surface area (Å²) in [4.78, 5) is 28.9. The number of benzene rings is 2. The molecule has 3 aromatic heterocycles. The van der Waals surface area contributed by atoms with Gasteiger partial charge in [0, 0.05) is 11.7 Å². The summed E-state index contributed by atoms with van der Waals surface area (Å²) < 4.78 is 3.92. The number of aromatic nitrogens is 5. The van der Waals surface area contributed by atoms with E-state index in [1.165, 1.54) is 18.4 Å². The SMILES string of the molecule is CCCCc1ccc(-n2c3nc4ccccc4nc3c3c(=O)n(C4CCCC4)c(C)nc32)cc1. The van der Waals surface area contributed by atoms with Crippen LogP contribution < -0.4 is 5.56 Å². The Balaban J connectivity index is 1.67. The molecule has 1 fully saturated rings. The lowest BCUT2D eigenvalue weighted by Crippen LogP contribution is -2.27. The zero-order valence-electron chi connectivity index (χ0n) is 19.8. The van der Waals surface area contributed by atoms with Gasteiger partial charge in [0.15, 0.2) is 11.3 Å². The molecule has 0 saturated heterocycles. The molecule has 5 aromatic rings. The standard InChI is InChI=1S/C28H29N5O/c1-3-4-9-19-14-16-21(17-15-19)33-26-24(25-27(33)31-23-13-8-7-12-22(23)30-25)28(34)32(18(2)29-26)20-10-5-6-11-20/h7-8,12-17,20H,3-6,9-11H2,1-2H3. The van der Waals surface area contributed by atoms with Crippen LogP contribution in [0, 0.1) is 6.92 Å². The molecule has 34 heavy (non-hydrogen) atoms. The summed E-state index contributed by atoms with van der Waals surface area (Å²) in [5.74, 6) is 0.762.